The summed E-state index contributed by atoms with van der Waals surface area (Å²) < 4.78 is 38.6. The van der Waals surface area contributed by atoms with Crippen molar-refractivity contribution in [2.24, 2.45) is 17.8 Å². The number of alkyl halides is 3. The molecule has 2 rings (SSSR count). The van der Waals surface area contributed by atoms with Crippen LogP contribution in [0.25, 0.3) is 0 Å². The molecule has 2 aliphatic rings. The molecule has 0 aromatic heterocycles. The number of carboxylic acid groups (broad SMARTS) is 1. The molecule has 1 aliphatic heterocycles. The molecular weight excluding hydrogens is 299 g/mol. The Morgan fingerprint density at radius 1 is 1.09 bits per heavy atom. The lowest BCUT2D eigenvalue weighted by atomic mass is 9.79. The van der Waals surface area contributed by atoms with Crippen molar-refractivity contribution in [2.45, 2.75) is 57.7 Å². The first-order chi connectivity index (χ1) is 10.2. The van der Waals surface area contributed by atoms with Gasteiger partial charge < -0.3 is 10.0 Å². The average molecular weight is 321 g/mol. The highest BCUT2D eigenvalue weighted by molar-refractivity contribution is 5.80. The zero-order valence-corrected chi connectivity index (χ0v) is 12.6. The van der Waals surface area contributed by atoms with Crippen LogP contribution in [0.5, 0.6) is 0 Å². The molecule has 0 aromatic carbocycles. The van der Waals surface area contributed by atoms with Crippen LogP contribution in [0.4, 0.5) is 13.2 Å². The topological polar surface area (TPSA) is 57.6 Å². The third kappa shape index (κ3) is 3.73. The molecule has 1 N–H and O–H groups in total. The minimum absolute atomic E-state index is 0.0839. The predicted molar refractivity (Wildman–Crippen MR) is 73.0 cm³/mol. The van der Waals surface area contributed by atoms with Crippen LogP contribution in [-0.4, -0.2) is 40.6 Å². The molecule has 1 saturated heterocycles. The predicted octanol–water partition coefficient (Wildman–Crippen LogP) is 3.07. The molecule has 0 bridgehead atoms. The first kappa shape index (κ1) is 17.1. The van der Waals surface area contributed by atoms with Crippen molar-refractivity contribution in [2.75, 3.05) is 6.54 Å². The minimum Gasteiger partial charge on any atom is -0.481 e. The third-order valence-electron chi connectivity index (χ3n) is 5.00. The third-order valence-corrected chi connectivity index (χ3v) is 5.00. The summed E-state index contributed by atoms with van der Waals surface area (Å²) in [6.07, 6.45) is -2.38. The van der Waals surface area contributed by atoms with E-state index in [-0.39, 0.29) is 31.3 Å². The van der Waals surface area contributed by atoms with Crippen LogP contribution in [-0.2, 0) is 9.59 Å². The van der Waals surface area contributed by atoms with Gasteiger partial charge in [-0.15, -0.1) is 0 Å². The van der Waals surface area contributed by atoms with Crippen molar-refractivity contribution in [1.82, 2.24) is 4.90 Å². The summed E-state index contributed by atoms with van der Waals surface area (Å²) in [5, 5.41) is 9.10. The monoisotopic (exact) mass is 321 g/mol. The summed E-state index contributed by atoms with van der Waals surface area (Å²) >= 11 is 0. The van der Waals surface area contributed by atoms with Crippen LogP contribution < -0.4 is 0 Å². The standard InChI is InChI=1S/C15H22F3NO3/c1-9-5-6-11(14(21)22)8-19(9)13(20)10-3-2-4-12(7-10)15(16,17)18/h9-12H,2-8H2,1H3,(H,21,22). The van der Waals surface area contributed by atoms with Gasteiger partial charge in [0.25, 0.3) is 0 Å². The number of aliphatic carboxylic acids is 1. The fraction of sp³-hybridized carbons (Fsp3) is 0.867. The van der Waals surface area contributed by atoms with Crippen LogP contribution in [0, 0.1) is 17.8 Å². The van der Waals surface area contributed by atoms with Gasteiger partial charge in [0.1, 0.15) is 0 Å². The number of carboxylic acids is 1. The van der Waals surface area contributed by atoms with E-state index >= 15 is 0 Å². The molecule has 2 fully saturated rings. The lowest BCUT2D eigenvalue weighted by molar-refractivity contribution is -0.187. The molecule has 1 amide bonds. The Balaban J connectivity index is 2.04. The van der Waals surface area contributed by atoms with E-state index in [1.165, 1.54) is 4.90 Å². The zero-order valence-electron chi connectivity index (χ0n) is 12.6. The Morgan fingerprint density at radius 2 is 1.77 bits per heavy atom. The zero-order chi connectivity index (χ0) is 16.5. The molecule has 4 atom stereocenters. The van der Waals surface area contributed by atoms with Gasteiger partial charge in [0, 0.05) is 18.5 Å². The molecule has 4 unspecified atom stereocenters. The highest BCUT2D eigenvalue weighted by atomic mass is 19.4. The van der Waals surface area contributed by atoms with Crippen LogP contribution in [0.2, 0.25) is 0 Å². The molecule has 7 heteroatoms. The number of hydrogen-bond acceptors (Lipinski definition) is 2. The Bertz CT molecular complexity index is 438. The number of piperidine rings is 1. The highest BCUT2D eigenvalue weighted by Crippen LogP contribution is 2.41. The smallest absolute Gasteiger partial charge is 0.391 e. The van der Waals surface area contributed by atoms with E-state index in [2.05, 4.69) is 0 Å². The number of halogens is 3. The fourth-order valence-corrected chi connectivity index (χ4v) is 3.56. The number of rotatable bonds is 2. The highest BCUT2D eigenvalue weighted by Gasteiger charge is 2.45. The molecule has 126 valence electrons. The van der Waals surface area contributed by atoms with Crippen LogP contribution in [0.3, 0.4) is 0 Å². The number of nitrogens with zero attached hydrogens (tertiary/aromatic N) is 1. The normalized spacial score (nSPS) is 33.5. The Labute approximate surface area is 127 Å². The van der Waals surface area contributed by atoms with Crippen LogP contribution in [0.1, 0.15) is 45.4 Å². The lowest BCUT2D eigenvalue weighted by Gasteiger charge is -2.40. The molecule has 0 spiro atoms. The van der Waals surface area contributed by atoms with Gasteiger partial charge in [-0.25, -0.2) is 0 Å². The van der Waals surface area contributed by atoms with Gasteiger partial charge in [-0.2, -0.15) is 13.2 Å². The van der Waals surface area contributed by atoms with E-state index in [1.807, 2.05) is 6.92 Å². The molecule has 1 aliphatic carbocycles. The number of hydrogen-bond donors (Lipinski definition) is 1. The second-order valence-corrected chi connectivity index (χ2v) is 6.55. The Kier molecular flexibility index (Phi) is 5.02. The summed E-state index contributed by atoms with van der Waals surface area (Å²) in [5.74, 6) is -3.89. The molecule has 1 saturated carbocycles. The number of carbonyl (C=O) groups excluding carboxylic acids is 1. The molecule has 0 aromatic rings. The first-order valence-corrected chi connectivity index (χ1v) is 7.80. The van der Waals surface area contributed by atoms with E-state index in [9.17, 15) is 22.8 Å². The second-order valence-electron chi connectivity index (χ2n) is 6.55. The van der Waals surface area contributed by atoms with Crippen molar-refractivity contribution in [3.63, 3.8) is 0 Å². The van der Waals surface area contributed by atoms with E-state index in [0.29, 0.717) is 25.7 Å². The summed E-state index contributed by atoms with van der Waals surface area (Å²) in [6, 6.07) is -0.102. The largest absolute Gasteiger partial charge is 0.481 e. The summed E-state index contributed by atoms with van der Waals surface area (Å²) in [4.78, 5) is 25.2. The van der Waals surface area contributed by atoms with Crippen LogP contribution in [0.15, 0.2) is 0 Å². The Morgan fingerprint density at radius 3 is 2.36 bits per heavy atom. The quantitative estimate of drug-likeness (QED) is 0.850. The minimum atomic E-state index is -4.25. The van der Waals surface area contributed by atoms with Gasteiger partial charge >= 0.3 is 12.1 Å². The van der Waals surface area contributed by atoms with Gasteiger partial charge in [0.2, 0.25) is 5.91 Å². The van der Waals surface area contributed by atoms with Crippen molar-refractivity contribution in [3.8, 4) is 0 Å². The van der Waals surface area contributed by atoms with Gasteiger partial charge in [-0.1, -0.05) is 6.42 Å². The Hall–Kier alpha value is -1.27. The van der Waals surface area contributed by atoms with Crippen molar-refractivity contribution in [3.05, 3.63) is 0 Å². The fourth-order valence-electron chi connectivity index (χ4n) is 3.56. The summed E-state index contributed by atoms with van der Waals surface area (Å²) in [5.41, 5.74) is 0. The molecule has 22 heavy (non-hydrogen) atoms. The van der Waals surface area contributed by atoms with Gasteiger partial charge in [-0.05, 0) is 39.0 Å². The van der Waals surface area contributed by atoms with E-state index < -0.39 is 29.9 Å². The van der Waals surface area contributed by atoms with Gasteiger partial charge in [0.15, 0.2) is 0 Å². The maximum Gasteiger partial charge on any atom is 0.391 e. The number of amides is 1. The molecule has 0 radical (unpaired) electrons. The SMILES string of the molecule is CC1CCC(C(=O)O)CN1C(=O)C1CCCC(C(F)(F)F)C1. The molecular formula is C15H22F3NO3. The summed E-state index contributed by atoms with van der Waals surface area (Å²) in [7, 11) is 0. The number of likely N-dealkylation sites (tertiary alicyclic amines) is 1. The maximum absolute atomic E-state index is 12.9. The van der Waals surface area contributed by atoms with Gasteiger partial charge in [0.05, 0.1) is 11.8 Å². The average Bonchev–Trinajstić information content (AvgIpc) is 2.46. The van der Waals surface area contributed by atoms with Crippen molar-refractivity contribution in [1.29, 1.82) is 0 Å². The number of carbonyl (C=O) groups is 2. The molecule has 4 nitrogen and oxygen atoms in total. The van der Waals surface area contributed by atoms with E-state index in [4.69, 9.17) is 5.11 Å². The van der Waals surface area contributed by atoms with Crippen LogP contribution >= 0.6 is 0 Å². The lowest BCUT2D eigenvalue weighted by Crippen LogP contribution is -2.50. The second kappa shape index (κ2) is 6.46. The maximum atomic E-state index is 12.9. The first-order valence-electron chi connectivity index (χ1n) is 7.80. The van der Waals surface area contributed by atoms with E-state index in [0.717, 1.165) is 0 Å². The summed E-state index contributed by atoms with van der Waals surface area (Å²) in [6.45, 7) is 1.95. The van der Waals surface area contributed by atoms with Crippen molar-refractivity contribution < 1.29 is 27.9 Å². The van der Waals surface area contributed by atoms with Gasteiger partial charge in [-0.3, -0.25) is 9.59 Å². The molecule has 1 heterocycles. The van der Waals surface area contributed by atoms with E-state index in [1.54, 1.807) is 0 Å². The van der Waals surface area contributed by atoms with Crippen molar-refractivity contribution >= 4 is 11.9 Å².